The third kappa shape index (κ3) is 5.15. The largest absolute Gasteiger partial charge is 0.311 e. The number of para-hydroxylation sites is 4. The van der Waals surface area contributed by atoms with Gasteiger partial charge in [0.05, 0.1) is 22.1 Å². The lowest BCUT2D eigenvalue weighted by atomic mass is 9.59. The highest BCUT2D eigenvalue weighted by Gasteiger charge is 2.57. The third-order valence-electron chi connectivity index (χ3n) is 14.8. The summed E-state index contributed by atoms with van der Waals surface area (Å²) >= 11 is 0. The van der Waals surface area contributed by atoms with Crippen LogP contribution in [0.1, 0.15) is 52.7 Å². The van der Waals surface area contributed by atoms with Crippen LogP contribution in [-0.2, 0) is 10.8 Å². The van der Waals surface area contributed by atoms with Crippen molar-refractivity contribution in [3.05, 3.63) is 199 Å². The predicted octanol–water partition coefficient (Wildman–Crippen LogP) is 15.6. The second kappa shape index (κ2) is 13.1. The van der Waals surface area contributed by atoms with E-state index in [-0.39, 0.29) is 16.2 Å². The van der Waals surface area contributed by atoms with E-state index in [1.165, 1.54) is 71.6 Å². The van der Waals surface area contributed by atoms with E-state index in [1.54, 1.807) is 0 Å². The highest BCUT2D eigenvalue weighted by Crippen LogP contribution is 2.62. The summed E-state index contributed by atoms with van der Waals surface area (Å²) in [5, 5.41) is 5.10. The topological polar surface area (TPSA) is 13.1 Å². The predicted molar refractivity (Wildman–Crippen MR) is 255 cm³/mol. The molecule has 292 valence electrons. The number of hydrogen-bond acceptors (Lipinski definition) is 1. The molecule has 0 aliphatic heterocycles. The normalized spacial score (nSPS) is 15.2. The molecule has 60 heavy (non-hydrogen) atoms. The zero-order valence-electron chi connectivity index (χ0n) is 35.2. The molecule has 0 atom stereocenters. The van der Waals surface area contributed by atoms with Gasteiger partial charge in [0.2, 0.25) is 0 Å². The van der Waals surface area contributed by atoms with Crippen molar-refractivity contribution < 1.29 is 0 Å². The SMILES string of the molecule is CC1(C)c2cc3c4cc(-c5ccc6c(c5)c5ccccc5n6-c5ccc(N(c6ccccc6)c6ccccc6)cc5)ccc4n(-c4ccccc4)c3cc2C(C)(C)C1(C)C. The first kappa shape index (κ1) is 36.3. The van der Waals surface area contributed by atoms with Crippen LogP contribution in [0.2, 0.25) is 0 Å². The van der Waals surface area contributed by atoms with Crippen molar-refractivity contribution in [2.75, 3.05) is 4.90 Å². The molecule has 0 amide bonds. The van der Waals surface area contributed by atoms with Crippen LogP contribution >= 0.6 is 0 Å². The van der Waals surface area contributed by atoms with Gasteiger partial charge in [-0.05, 0) is 142 Å². The number of aromatic nitrogens is 2. The lowest BCUT2D eigenvalue weighted by Crippen LogP contribution is -2.42. The Hall–Kier alpha value is -6.84. The minimum atomic E-state index is 0.0154. The van der Waals surface area contributed by atoms with Gasteiger partial charge in [-0.25, -0.2) is 0 Å². The van der Waals surface area contributed by atoms with E-state index in [0.717, 1.165) is 22.7 Å². The van der Waals surface area contributed by atoms with E-state index < -0.39 is 0 Å². The Morgan fingerprint density at radius 2 is 0.750 bits per heavy atom. The Balaban J connectivity index is 1.05. The summed E-state index contributed by atoms with van der Waals surface area (Å²) in [7, 11) is 0. The molecule has 1 aliphatic carbocycles. The van der Waals surface area contributed by atoms with Crippen LogP contribution < -0.4 is 4.90 Å². The zero-order chi connectivity index (χ0) is 41.0. The number of benzene rings is 8. The average Bonchev–Trinajstić information content (AvgIpc) is 3.81. The molecule has 0 spiro atoms. The summed E-state index contributed by atoms with van der Waals surface area (Å²) in [4.78, 5) is 2.31. The van der Waals surface area contributed by atoms with Crippen molar-refractivity contribution >= 4 is 60.7 Å². The molecule has 0 N–H and O–H groups in total. The highest BCUT2D eigenvalue weighted by molar-refractivity contribution is 6.13. The fourth-order valence-corrected chi connectivity index (χ4v) is 10.4. The number of rotatable bonds is 6. The maximum atomic E-state index is 2.54. The fourth-order valence-electron chi connectivity index (χ4n) is 10.4. The van der Waals surface area contributed by atoms with Gasteiger partial charge in [0, 0.05) is 50.0 Å². The minimum absolute atomic E-state index is 0.0154. The molecule has 8 aromatic carbocycles. The molecule has 3 nitrogen and oxygen atoms in total. The molecule has 0 radical (unpaired) electrons. The first-order valence-electron chi connectivity index (χ1n) is 21.3. The Morgan fingerprint density at radius 3 is 1.33 bits per heavy atom. The van der Waals surface area contributed by atoms with E-state index >= 15 is 0 Å². The second-order valence-corrected chi connectivity index (χ2v) is 18.3. The minimum Gasteiger partial charge on any atom is -0.311 e. The van der Waals surface area contributed by atoms with Gasteiger partial charge in [-0.1, -0.05) is 126 Å². The van der Waals surface area contributed by atoms with E-state index in [1.807, 2.05) is 0 Å². The monoisotopic (exact) mass is 775 g/mol. The molecule has 10 aromatic rings. The lowest BCUT2D eigenvalue weighted by molar-refractivity contribution is 0.125. The molecule has 3 heteroatoms. The van der Waals surface area contributed by atoms with Gasteiger partial charge in [-0.3, -0.25) is 0 Å². The Kier molecular flexibility index (Phi) is 7.90. The van der Waals surface area contributed by atoms with Crippen molar-refractivity contribution in [2.45, 2.75) is 52.4 Å². The third-order valence-corrected chi connectivity index (χ3v) is 14.8. The van der Waals surface area contributed by atoms with Crippen LogP contribution in [0.15, 0.2) is 188 Å². The fraction of sp³-hybridized carbons (Fsp3) is 0.158. The summed E-state index contributed by atoms with van der Waals surface area (Å²) in [6, 6.07) is 69.0. The summed E-state index contributed by atoms with van der Waals surface area (Å²) in [6.45, 7) is 14.7. The standard InChI is InChI=1S/C57H49N3/c1-55(2)49-36-48-47-35-39(27-33-53(47)60(42-22-14-9-15-23-42)54(48)37-50(49)56(3,4)57(55,5)6)38-26-32-52-46(34-38)45-24-16-17-25-51(45)59(52)44-30-28-43(29-31-44)58(40-18-10-7-11-19-40)41-20-12-8-13-21-41/h7-37H,1-6H3. The van der Waals surface area contributed by atoms with E-state index in [4.69, 9.17) is 0 Å². The van der Waals surface area contributed by atoms with Gasteiger partial charge in [-0.15, -0.1) is 0 Å². The molecule has 0 saturated carbocycles. The zero-order valence-corrected chi connectivity index (χ0v) is 35.2. The maximum absolute atomic E-state index is 2.54. The molecule has 2 heterocycles. The first-order valence-corrected chi connectivity index (χ1v) is 21.3. The average molecular weight is 776 g/mol. The molecule has 1 aliphatic rings. The molecule has 0 saturated heterocycles. The molecule has 0 fully saturated rings. The smallest absolute Gasteiger partial charge is 0.0544 e. The van der Waals surface area contributed by atoms with Crippen molar-refractivity contribution in [1.82, 2.24) is 9.13 Å². The van der Waals surface area contributed by atoms with Gasteiger partial charge in [-0.2, -0.15) is 0 Å². The van der Waals surface area contributed by atoms with E-state index in [9.17, 15) is 0 Å². The quantitative estimate of drug-likeness (QED) is 0.164. The van der Waals surface area contributed by atoms with Crippen LogP contribution in [0.4, 0.5) is 17.1 Å². The summed E-state index contributed by atoms with van der Waals surface area (Å²) in [5.74, 6) is 0. The lowest BCUT2D eigenvalue weighted by Gasteiger charge is -2.44. The molecule has 0 unspecified atom stereocenters. The number of nitrogens with zero attached hydrogens (tertiary/aromatic N) is 3. The van der Waals surface area contributed by atoms with Crippen molar-refractivity contribution in [2.24, 2.45) is 5.41 Å². The van der Waals surface area contributed by atoms with Crippen LogP contribution in [-0.4, -0.2) is 9.13 Å². The van der Waals surface area contributed by atoms with Gasteiger partial charge in [0.25, 0.3) is 0 Å². The van der Waals surface area contributed by atoms with Crippen LogP contribution in [0.5, 0.6) is 0 Å². The first-order chi connectivity index (χ1) is 29.0. The van der Waals surface area contributed by atoms with Crippen molar-refractivity contribution in [3.63, 3.8) is 0 Å². The summed E-state index contributed by atoms with van der Waals surface area (Å²) in [6.07, 6.45) is 0. The summed E-state index contributed by atoms with van der Waals surface area (Å²) < 4.78 is 4.89. The van der Waals surface area contributed by atoms with E-state index in [2.05, 4.69) is 244 Å². The second-order valence-electron chi connectivity index (χ2n) is 18.3. The molecule has 0 bridgehead atoms. The molecule has 2 aromatic heterocycles. The Bertz CT molecular complexity index is 3220. The number of fused-ring (bicyclic) bond motifs is 7. The van der Waals surface area contributed by atoms with Gasteiger partial charge < -0.3 is 14.0 Å². The molecule has 11 rings (SSSR count). The maximum Gasteiger partial charge on any atom is 0.0544 e. The van der Waals surface area contributed by atoms with Crippen molar-refractivity contribution in [3.8, 4) is 22.5 Å². The number of hydrogen-bond donors (Lipinski definition) is 0. The Labute approximate surface area is 352 Å². The van der Waals surface area contributed by atoms with Gasteiger partial charge in [0.1, 0.15) is 0 Å². The highest BCUT2D eigenvalue weighted by atomic mass is 15.1. The van der Waals surface area contributed by atoms with E-state index in [0.29, 0.717) is 0 Å². The van der Waals surface area contributed by atoms with Crippen LogP contribution in [0.3, 0.4) is 0 Å². The van der Waals surface area contributed by atoms with Crippen LogP contribution in [0.25, 0.3) is 66.1 Å². The summed E-state index contributed by atoms with van der Waals surface area (Å²) in [5.41, 5.74) is 16.1. The number of anilines is 3. The van der Waals surface area contributed by atoms with Gasteiger partial charge in [0.15, 0.2) is 0 Å². The Morgan fingerprint density at radius 1 is 0.333 bits per heavy atom. The van der Waals surface area contributed by atoms with Crippen molar-refractivity contribution in [1.29, 1.82) is 0 Å². The van der Waals surface area contributed by atoms with Crippen LogP contribution in [0, 0.1) is 5.41 Å². The molecular weight excluding hydrogens is 727 g/mol. The van der Waals surface area contributed by atoms with Gasteiger partial charge >= 0.3 is 0 Å². The molecular formula is C57H49N3.